The standard InChI is InChI=1S/C17H15ClFNO/c1-2-20-10-12(13-6-5-8-15(19)17(13)20)11-21-16-9-4-3-7-14(16)18/h3-10H,2,11H2,1H3. The molecule has 21 heavy (non-hydrogen) atoms. The number of nitrogens with zero attached hydrogens (tertiary/aromatic N) is 1. The van der Waals surface area contributed by atoms with Crippen LogP contribution >= 0.6 is 11.6 Å². The summed E-state index contributed by atoms with van der Waals surface area (Å²) in [7, 11) is 0. The van der Waals surface area contributed by atoms with E-state index in [0.717, 1.165) is 10.9 Å². The molecule has 2 nitrogen and oxygen atoms in total. The minimum absolute atomic E-state index is 0.210. The van der Waals surface area contributed by atoms with Crippen LogP contribution in [-0.4, -0.2) is 4.57 Å². The summed E-state index contributed by atoms with van der Waals surface area (Å²) in [6.45, 7) is 3.06. The molecule has 0 saturated heterocycles. The van der Waals surface area contributed by atoms with Gasteiger partial charge in [-0.05, 0) is 25.1 Å². The first-order valence-electron chi connectivity index (χ1n) is 6.84. The van der Waals surface area contributed by atoms with E-state index in [4.69, 9.17) is 16.3 Å². The van der Waals surface area contributed by atoms with Crippen molar-refractivity contribution in [2.45, 2.75) is 20.1 Å². The van der Waals surface area contributed by atoms with Crippen LogP contribution in [0.25, 0.3) is 10.9 Å². The molecule has 2 aromatic carbocycles. The summed E-state index contributed by atoms with van der Waals surface area (Å²) in [5.41, 5.74) is 1.57. The van der Waals surface area contributed by atoms with Crippen molar-refractivity contribution in [2.24, 2.45) is 0 Å². The van der Waals surface area contributed by atoms with Crippen LogP contribution < -0.4 is 4.74 Å². The molecular formula is C17H15ClFNO. The van der Waals surface area contributed by atoms with Gasteiger partial charge in [-0.1, -0.05) is 35.9 Å². The number of hydrogen-bond donors (Lipinski definition) is 0. The summed E-state index contributed by atoms with van der Waals surface area (Å²) in [5, 5.41) is 1.45. The Kier molecular flexibility index (Phi) is 3.84. The molecule has 108 valence electrons. The van der Waals surface area contributed by atoms with Crippen molar-refractivity contribution in [3.8, 4) is 5.75 Å². The summed E-state index contributed by atoms with van der Waals surface area (Å²) < 4.78 is 21.7. The lowest BCUT2D eigenvalue weighted by Crippen LogP contribution is -1.95. The number of aryl methyl sites for hydroxylation is 1. The molecule has 0 aliphatic rings. The third kappa shape index (κ3) is 2.61. The topological polar surface area (TPSA) is 14.2 Å². The van der Waals surface area contributed by atoms with E-state index in [1.807, 2.05) is 42.0 Å². The zero-order valence-corrected chi connectivity index (χ0v) is 12.4. The van der Waals surface area contributed by atoms with E-state index in [-0.39, 0.29) is 5.82 Å². The molecule has 0 unspecified atom stereocenters. The van der Waals surface area contributed by atoms with Gasteiger partial charge in [-0.15, -0.1) is 0 Å². The Bertz CT molecular complexity index is 782. The fourth-order valence-corrected chi connectivity index (χ4v) is 2.66. The molecule has 4 heteroatoms. The van der Waals surface area contributed by atoms with E-state index < -0.39 is 0 Å². The molecule has 0 saturated carbocycles. The van der Waals surface area contributed by atoms with Crippen LogP contribution in [0.3, 0.4) is 0 Å². The van der Waals surface area contributed by atoms with Gasteiger partial charge in [-0.2, -0.15) is 0 Å². The first-order valence-corrected chi connectivity index (χ1v) is 7.22. The van der Waals surface area contributed by atoms with Crippen LogP contribution in [0.15, 0.2) is 48.7 Å². The van der Waals surface area contributed by atoms with Gasteiger partial charge >= 0.3 is 0 Å². The molecule has 0 amide bonds. The molecule has 0 spiro atoms. The zero-order chi connectivity index (χ0) is 14.8. The maximum atomic E-state index is 14.0. The second kappa shape index (κ2) is 5.78. The smallest absolute Gasteiger partial charge is 0.147 e. The Labute approximate surface area is 127 Å². The number of benzene rings is 2. The van der Waals surface area contributed by atoms with Gasteiger partial charge in [-0.25, -0.2) is 4.39 Å². The molecule has 1 aromatic heterocycles. The second-order valence-corrected chi connectivity index (χ2v) is 5.20. The number of fused-ring (bicyclic) bond motifs is 1. The van der Waals surface area contributed by atoms with Crippen LogP contribution in [0.5, 0.6) is 5.75 Å². The predicted molar refractivity (Wildman–Crippen MR) is 83.4 cm³/mol. The molecule has 0 aliphatic heterocycles. The van der Waals surface area contributed by atoms with Crippen molar-refractivity contribution < 1.29 is 9.13 Å². The van der Waals surface area contributed by atoms with Crippen LogP contribution in [0.2, 0.25) is 5.02 Å². The van der Waals surface area contributed by atoms with Gasteiger partial charge in [0.05, 0.1) is 10.5 Å². The molecular weight excluding hydrogens is 289 g/mol. The van der Waals surface area contributed by atoms with Crippen molar-refractivity contribution in [1.29, 1.82) is 0 Å². The molecule has 0 fully saturated rings. The van der Waals surface area contributed by atoms with Gasteiger partial charge < -0.3 is 9.30 Å². The molecule has 1 heterocycles. The first-order chi connectivity index (χ1) is 10.2. The molecule has 0 radical (unpaired) electrons. The van der Waals surface area contributed by atoms with Gasteiger partial charge in [0.1, 0.15) is 18.2 Å². The highest BCUT2D eigenvalue weighted by molar-refractivity contribution is 6.32. The molecule has 0 bridgehead atoms. The van der Waals surface area contributed by atoms with E-state index in [0.29, 0.717) is 29.4 Å². The number of halogens is 2. The number of aromatic nitrogens is 1. The molecule has 3 aromatic rings. The second-order valence-electron chi connectivity index (χ2n) is 4.80. The number of ether oxygens (including phenoxy) is 1. The van der Waals surface area contributed by atoms with Gasteiger partial charge in [0.2, 0.25) is 0 Å². The maximum Gasteiger partial charge on any atom is 0.147 e. The highest BCUT2D eigenvalue weighted by atomic mass is 35.5. The Morgan fingerprint density at radius 1 is 1.14 bits per heavy atom. The highest BCUT2D eigenvalue weighted by Gasteiger charge is 2.12. The highest BCUT2D eigenvalue weighted by Crippen LogP contribution is 2.28. The summed E-state index contributed by atoms with van der Waals surface area (Å²) in [6, 6.07) is 12.4. The van der Waals surface area contributed by atoms with Crippen molar-refractivity contribution in [3.63, 3.8) is 0 Å². The monoisotopic (exact) mass is 303 g/mol. The van der Waals surface area contributed by atoms with Crippen molar-refractivity contribution >= 4 is 22.5 Å². The lowest BCUT2D eigenvalue weighted by atomic mass is 10.2. The molecule has 0 N–H and O–H groups in total. The molecule has 0 atom stereocenters. The lowest BCUT2D eigenvalue weighted by molar-refractivity contribution is 0.307. The Morgan fingerprint density at radius 2 is 1.95 bits per heavy atom. The normalized spacial score (nSPS) is 11.0. The summed E-state index contributed by atoms with van der Waals surface area (Å²) in [5.74, 6) is 0.423. The van der Waals surface area contributed by atoms with Crippen molar-refractivity contribution in [2.75, 3.05) is 0 Å². The quantitative estimate of drug-likeness (QED) is 0.659. The summed E-state index contributed by atoms with van der Waals surface area (Å²) in [4.78, 5) is 0. The lowest BCUT2D eigenvalue weighted by Gasteiger charge is -2.06. The van der Waals surface area contributed by atoms with Crippen LogP contribution in [0.4, 0.5) is 4.39 Å². The van der Waals surface area contributed by atoms with Crippen molar-refractivity contribution in [3.05, 3.63) is 65.1 Å². The van der Waals surface area contributed by atoms with Gasteiger partial charge in [0.15, 0.2) is 0 Å². The summed E-state index contributed by atoms with van der Waals surface area (Å²) >= 11 is 6.08. The Hall–Kier alpha value is -2.00. The van der Waals surface area contributed by atoms with E-state index >= 15 is 0 Å². The average molecular weight is 304 g/mol. The Balaban J connectivity index is 1.95. The van der Waals surface area contributed by atoms with Gasteiger partial charge in [-0.3, -0.25) is 0 Å². The zero-order valence-electron chi connectivity index (χ0n) is 11.6. The predicted octanol–water partition coefficient (Wildman–Crippen LogP) is 5.03. The SMILES string of the molecule is CCn1cc(COc2ccccc2Cl)c2cccc(F)c21. The van der Waals surface area contributed by atoms with E-state index in [1.165, 1.54) is 6.07 Å². The fourth-order valence-electron chi connectivity index (χ4n) is 2.47. The van der Waals surface area contributed by atoms with Gasteiger partial charge in [0, 0.05) is 23.7 Å². The number of rotatable bonds is 4. The number of hydrogen-bond acceptors (Lipinski definition) is 1. The van der Waals surface area contributed by atoms with E-state index in [1.54, 1.807) is 12.1 Å². The maximum absolute atomic E-state index is 14.0. The Morgan fingerprint density at radius 3 is 2.71 bits per heavy atom. The van der Waals surface area contributed by atoms with Crippen LogP contribution in [0.1, 0.15) is 12.5 Å². The fraction of sp³-hybridized carbons (Fsp3) is 0.176. The van der Waals surface area contributed by atoms with E-state index in [9.17, 15) is 4.39 Å². The largest absolute Gasteiger partial charge is 0.487 e. The third-order valence-corrected chi connectivity index (χ3v) is 3.80. The molecule has 3 rings (SSSR count). The molecule has 0 aliphatic carbocycles. The van der Waals surface area contributed by atoms with Crippen molar-refractivity contribution in [1.82, 2.24) is 4.57 Å². The number of para-hydroxylation sites is 2. The minimum atomic E-state index is -0.210. The minimum Gasteiger partial charge on any atom is -0.487 e. The average Bonchev–Trinajstić information content (AvgIpc) is 2.86. The third-order valence-electron chi connectivity index (χ3n) is 3.49. The first kappa shape index (κ1) is 14.0. The van der Waals surface area contributed by atoms with Gasteiger partial charge in [0.25, 0.3) is 0 Å². The van der Waals surface area contributed by atoms with E-state index in [2.05, 4.69) is 0 Å². The summed E-state index contributed by atoms with van der Waals surface area (Å²) in [6.07, 6.45) is 1.94. The van der Waals surface area contributed by atoms with Crippen LogP contribution in [-0.2, 0) is 13.2 Å². The van der Waals surface area contributed by atoms with Crippen LogP contribution in [0, 0.1) is 5.82 Å².